The number of rotatable bonds is 4. The van der Waals surface area contributed by atoms with Crippen LogP contribution in [0.4, 0.5) is 19.1 Å². The van der Waals surface area contributed by atoms with E-state index in [4.69, 9.17) is 0 Å². The quantitative estimate of drug-likeness (QED) is 0.941. The molecule has 0 saturated heterocycles. The molecule has 0 bridgehead atoms. The summed E-state index contributed by atoms with van der Waals surface area (Å²) in [6, 6.07) is 2.64. The maximum absolute atomic E-state index is 12.9. The van der Waals surface area contributed by atoms with Gasteiger partial charge in [0.2, 0.25) is 5.95 Å². The van der Waals surface area contributed by atoms with E-state index < -0.39 is 11.9 Å². The molecule has 0 unspecified atom stereocenters. The van der Waals surface area contributed by atoms with Crippen molar-refractivity contribution in [2.75, 3.05) is 11.9 Å². The first-order valence-corrected chi connectivity index (χ1v) is 6.57. The lowest BCUT2D eigenvalue weighted by Gasteiger charge is -2.11. The zero-order valence-corrected chi connectivity index (χ0v) is 11.9. The fourth-order valence-electron chi connectivity index (χ4n) is 1.71. The number of alkyl halides is 3. The Morgan fingerprint density at radius 2 is 2.00 bits per heavy atom. The molecule has 0 fully saturated rings. The Labute approximate surface area is 120 Å². The maximum Gasteiger partial charge on any atom is 0.433 e. The molecular formula is C13H16F3N5. The van der Waals surface area contributed by atoms with Crippen molar-refractivity contribution in [3.05, 3.63) is 29.7 Å². The van der Waals surface area contributed by atoms with Crippen molar-refractivity contribution in [3.8, 4) is 5.82 Å². The Morgan fingerprint density at radius 1 is 1.29 bits per heavy atom. The van der Waals surface area contributed by atoms with E-state index >= 15 is 0 Å². The third-order valence-corrected chi connectivity index (χ3v) is 2.77. The van der Waals surface area contributed by atoms with E-state index in [1.54, 1.807) is 19.2 Å². The van der Waals surface area contributed by atoms with Gasteiger partial charge in [-0.05, 0) is 18.9 Å². The molecule has 21 heavy (non-hydrogen) atoms. The lowest BCUT2D eigenvalue weighted by Crippen LogP contribution is -2.14. The van der Waals surface area contributed by atoms with Crippen LogP contribution in [-0.2, 0) is 6.18 Å². The molecule has 8 heteroatoms. The van der Waals surface area contributed by atoms with Gasteiger partial charge in [-0.25, -0.2) is 9.67 Å². The molecule has 2 rings (SSSR count). The monoisotopic (exact) mass is 299 g/mol. The molecule has 114 valence electrons. The van der Waals surface area contributed by atoms with Crippen LogP contribution < -0.4 is 5.32 Å². The zero-order chi connectivity index (χ0) is 15.6. The number of halogens is 3. The molecule has 0 saturated carbocycles. The molecule has 1 N–H and O–H groups in total. The molecule has 0 aliphatic heterocycles. The predicted molar refractivity (Wildman–Crippen MR) is 72.4 cm³/mol. The summed E-state index contributed by atoms with van der Waals surface area (Å²) in [6.07, 6.45) is -2.94. The normalized spacial score (nSPS) is 12.0. The Balaban J connectivity index is 2.48. The second-order valence-corrected chi connectivity index (χ2v) is 4.80. The van der Waals surface area contributed by atoms with Gasteiger partial charge in [0.1, 0.15) is 0 Å². The minimum Gasteiger partial charge on any atom is -0.354 e. The Bertz CT molecular complexity index is 619. The second kappa shape index (κ2) is 5.71. The summed E-state index contributed by atoms with van der Waals surface area (Å²) in [7, 11) is 0. The third kappa shape index (κ3) is 3.50. The third-order valence-electron chi connectivity index (χ3n) is 2.77. The summed E-state index contributed by atoms with van der Waals surface area (Å²) in [5.74, 6) is 0.201. The number of aromatic nitrogens is 4. The minimum absolute atomic E-state index is 0.0658. The number of nitrogens with one attached hydrogen (secondary N) is 1. The van der Waals surface area contributed by atoms with E-state index in [1.807, 2.05) is 13.8 Å². The van der Waals surface area contributed by atoms with Crippen LogP contribution in [0.25, 0.3) is 5.82 Å². The van der Waals surface area contributed by atoms with Crippen LogP contribution in [0.1, 0.15) is 38.1 Å². The first-order chi connectivity index (χ1) is 9.81. The van der Waals surface area contributed by atoms with Gasteiger partial charge < -0.3 is 5.32 Å². The SMILES string of the molecule is CCNc1nc(-n2ccc(C(C)C)n2)cc(C(F)(F)F)n1. The summed E-state index contributed by atoms with van der Waals surface area (Å²) in [5, 5.41) is 6.93. The minimum atomic E-state index is -4.53. The van der Waals surface area contributed by atoms with E-state index in [9.17, 15) is 13.2 Å². The highest BCUT2D eigenvalue weighted by Crippen LogP contribution is 2.29. The molecule has 0 atom stereocenters. The van der Waals surface area contributed by atoms with Crippen LogP contribution in [0.2, 0.25) is 0 Å². The van der Waals surface area contributed by atoms with Crippen molar-refractivity contribution in [3.63, 3.8) is 0 Å². The summed E-state index contributed by atoms with van der Waals surface area (Å²) in [6.45, 7) is 6.10. The summed E-state index contributed by atoms with van der Waals surface area (Å²) in [5.41, 5.74) is -0.211. The molecule has 2 heterocycles. The van der Waals surface area contributed by atoms with Crippen molar-refractivity contribution in [1.82, 2.24) is 19.7 Å². The number of hydrogen-bond acceptors (Lipinski definition) is 4. The van der Waals surface area contributed by atoms with Gasteiger partial charge in [-0.15, -0.1) is 0 Å². The van der Waals surface area contributed by atoms with Gasteiger partial charge >= 0.3 is 6.18 Å². The molecule has 0 aliphatic rings. The molecule has 0 aromatic carbocycles. The highest BCUT2D eigenvalue weighted by Gasteiger charge is 2.34. The first-order valence-electron chi connectivity index (χ1n) is 6.57. The molecular weight excluding hydrogens is 283 g/mol. The second-order valence-electron chi connectivity index (χ2n) is 4.80. The lowest BCUT2D eigenvalue weighted by molar-refractivity contribution is -0.141. The van der Waals surface area contributed by atoms with E-state index in [1.165, 1.54) is 4.68 Å². The van der Waals surface area contributed by atoms with E-state index in [2.05, 4.69) is 20.4 Å². The van der Waals surface area contributed by atoms with E-state index in [-0.39, 0.29) is 17.7 Å². The van der Waals surface area contributed by atoms with Crippen LogP contribution >= 0.6 is 0 Å². The molecule has 2 aromatic heterocycles. The Morgan fingerprint density at radius 3 is 2.52 bits per heavy atom. The standard InChI is InChI=1S/C13H16F3N5/c1-4-17-12-18-10(13(14,15)16)7-11(19-12)21-6-5-9(20-21)8(2)3/h5-8H,4H2,1-3H3,(H,17,18,19). The molecule has 0 aliphatic carbocycles. The topological polar surface area (TPSA) is 55.6 Å². The average molecular weight is 299 g/mol. The first kappa shape index (κ1) is 15.3. The highest BCUT2D eigenvalue weighted by atomic mass is 19.4. The lowest BCUT2D eigenvalue weighted by atomic mass is 10.1. The van der Waals surface area contributed by atoms with Crippen molar-refractivity contribution in [2.24, 2.45) is 0 Å². The summed E-state index contributed by atoms with van der Waals surface area (Å²) >= 11 is 0. The van der Waals surface area contributed by atoms with Crippen molar-refractivity contribution in [1.29, 1.82) is 0 Å². The highest BCUT2D eigenvalue weighted by molar-refractivity contribution is 5.35. The van der Waals surface area contributed by atoms with Gasteiger partial charge in [0.05, 0.1) is 5.69 Å². The van der Waals surface area contributed by atoms with Gasteiger partial charge in [0.25, 0.3) is 0 Å². The van der Waals surface area contributed by atoms with Crippen LogP contribution in [0.3, 0.4) is 0 Å². The van der Waals surface area contributed by atoms with Crippen molar-refractivity contribution >= 4 is 5.95 Å². The van der Waals surface area contributed by atoms with Crippen LogP contribution in [-0.4, -0.2) is 26.3 Å². The fourth-order valence-corrected chi connectivity index (χ4v) is 1.71. The summed E-state index contributed by atoms with van der Waals surface area (Å²) in [4.78, 5) is 7.53. The van der Waals surface area contributed by atoms with E-state index in [0.717, 1.165) is 11.8 Å². The molecule has 0 amide bonds. The van der Waals surface area contributed by atoms with E-state index in [0.29, 0.717) is 6.54 Å². The predicted octanol–water partition coefficient (Wildman–Crippen LogP) is 3.24. The van der Waals surface area contributed by atoms with Crippen LogP contribution in [0, 0.1) is 0 Å². The summed E-state index contributed by atoms with van der Waals surface area (Å²) < 4.78 is 40.0. The van der Waals surface area contributed by atoms with Crippen LogP contribution in [0.5, 0.6) is 0 Å². The van der Waals surface area contributed by atoms with Gasteiger partial charge in [0, 0.05) is 18.8 Å². The van der Waals surface area contributed by atoms with Gasteiger partial charge in [0.15, 0.2) is 11.5 Å². The van der Waals surface area contributed by atoms with Gasteiger partial charge in [-0.2, -0.15) is 23.3 Å². The zero-order valence-electron chi connectivity index (χ0n) is 11.9. The molecule has 5 nitrogen and oxygen atoms in total. The van der Waals surface area contributed by atoms with Gasteiger partial charge in [-0.1, -0.05) is 13.8 Å². The van der Waals surface area contributed by atoms with Crippen molar-refractivity contribution in [2.45, 2.75) is 32.9 Å². The number of nitrogens with zero attached hydrogens (tertiary/aromatic N) is 4. The number of anilines is 1. The van der Waals surface area contributed by atoms with Crippen molar-refractivity contribution < 1.29 is 13.2 Å². The fraction of sp³-hybridized carbons (Fsp3) is 0.462. The molecule has 2 aromatic rings. The smallest absolute Gasteiger partial charge is 0.354 e. The maximum atomic E-state index is 12.9. The average Bonchev–Trinajstić information content (AvgIpc) is 2.87. The molecule has 0 radical (unpaired) electrons. The number of hydrogen-bond donors (Lipinski definition) is 1. The Kier molecular flexibility index (Phi) is 4.15. The Hall–Kier alpha value is -2.12. The largest absolute Gasteiger partial charge is 0.433 e. The van der Waals surface area contributed by atoms with Crippen LogP contribution in [0.15, 0.2) is 18.3 Å². The van der Waals surface area contributed by atoms with Gasteiger partial charge in [-0.3, -0.25) is 0 Å². The molecule has 0 spiro atoms.